The molecule has 1 aromatic heterocycles. The molecule has 1 aliphatic heterocycles. The molecule has 1 atom stereocenters. The van der Waals surface area contributed by atoms with Gasteiger partial charge in [0.25, 0.3) is 0 Å². The van der Waals surface area contributed by atoms with Gasteiger partial charge in [-0.2, -0.15) is 5.10 Å². The fraction of sp³-hybridized carbons (Fsp3) is 0.364. The Kier molecular flexibility index (Phi) is 5.87. The van der Waals surface area contributed by atoms with Crippen molar-refractivity contribution in [3.8, 4) is 22.9 Å². The van der Waals surface area contributed by atoms with E-state index < -0.39 is 0 Å². The highest BCUT2D eigenvalue weighted by Gasteiger charge is 2.29. The number of halogens is 1. The summed E-state index contributed by atoms with van der Waals surface area (Å²) in [4.78, 5) is 2.36. The van der Waals surface area contributed by atoms with Gasteiger partial charge in [-0.3, -0.25) is 4.90 Å². The number of hydrogen-bond acceptors (Lipinski definition) is 5. The second-order valence-corrected chi connectivity index (χ2v) is 7.76. The molecule has 0 aliphatic carbocycles. The van der Waals surface area contributed by atoms with Crippen LogP contribution in [-0.4, -0.2) is 40.0 Å². The molecule has 0 unspecified atom stereocenters. The number of likely N-dealkylation sites (tertiary alicyclic amines) is 1. The Bertz CT molecular complexity index is 1090. The van der Waals surface area contributed by atoms with E-state index in [1.165, 1.54) is 12.1 Å². The van der Waals surface area contributed by atoms with Gasteiger partial charge >= 0.3 is 0 Å². The third-order valence-electron chi connectivity index (χ3n) is 5.62. The Balaban J connectivity index is 1.64. The van der Waals surface area contributed by atoms with Crippen LogP contribution >= 0.6 is 12.2 Å². The number of hydrogen-bond donors (Lipinski definition) is 0. The average molecular weight is 429 g/mol. The molecule has 2 heterocycles. The lowest BCUT2D eigenvalue weighted by Crippen LogP contribution is -2.27. The zero-order chi connectivity index (χ0) is 21.3. The van der Waals surface area contributed by atoms with Gasteiger partial charge in [0.1, 0.15) is 17.3 Å². The predicted molar refractivity (Wildman–Crippen MR) is 116 cm³/mol. The minimum atomic E-state index is -0.272. The molecule has 0 saturated carbocycles. The van der Waals surface area contributed by atoms with Crippen molar-refractivity contribution < 1.29 is 13.9 Å². The summed E-state index contributed by atoms with van der Waals surface area (Å²) in [6.45, 7) is 1.51. The standard InChI is InChI=1S/C22H25FN4O2S/c1-25-21(15-6-8-16(23)9-7-15)24-27(22(25)30)14-26-12-4-5-19(26)18-13-17(28-2)10-11-20(18)29-3/h6-11,13,19H,4-5,12,14H2,1-3H3/t19-/m0/s1. The Morgan fingerprint density at radius 2 is 1.90 bits per heavy atom. The first kappa shape index (κ1) is 20.6. The lowest BCUT2D eigenvalue weighted by atomic mass is 10.0. The second kappa shape index (κ2) is 8.57. The van der Waals surface area contributed by atoms with Crippen LogP contribution in [0.4, 0.5) is 4.39 Å². The smallest absolute Gasteiger partial charge is 0.199 e. The van der Waals surface area contributed by atoms with Gasteiger partial charge in [0.05, 0.1) is 20.9 Å². The van der Waals surface area contributed by atoms with Gasteiger partial charge < -0.3 is 14.0 Å². The van der Waals surface area contributed by atoms with Crippen molar-refractivity contribution in [3.63, 3.8) is 0 Å². The van der Waals surface area contributed by atoms with Crippen molar-refractivity contribution in [2.75, 3.05) is 20.8 Å². The summed E-state index contributed by atoms with van der Waals surface area (Å²) in [5.41, 5.74) is 1.94. The fourth-order valence-corrected chi connectivity index (χ4v) is 4.23. The molecule has 1 saturated heterocycles. The number of benzene rings is 2. The second-order valence-electron chi connectivity index (χ2n) is 7.39. The molecule has 0 radical (unpaired) electrons. The molecule has 6 nitrogen and oxygen atoms in total. The minimum absolute atomic E-state index is 0.188. The van der Waals surface area contributed by atoms with E-state index >= 15 is 0 Å². The van der Waals surface area contributed by atoms with E-state index in [9.17, 15) is 4.39 Å². The molecule has 158 valence electrons. The Labute approximate surface area is 180 Å². The molecule has 8 heteroatoms. The third-order valence-corrected chi connectivity index (χ3v) is 6.10. The molecular weight excluding hydrogens is 403 g/mol. The van der Waals surface area contributed by atoms with Crippen LogP contribution < -0.4 is 9.47 Å². The maximum absolute atomic E-state index is 13.3. The van der Waals surface area contributed by atoms with Crippen LogP contribution in [0.2, 0.25) is 0 Å². The zero-order valence-electron chi connectivity index (χ0n) is 17.3. The number of methoxy groups -OCH3 is 2. The summed E-state index contributed by atoms with van der Waals surface area (Å²) in [6.07, 6.45) is 2.10. The number of ether oxygens (including phenoxy) is 2. The fourth-order valence-electron chi connectivity index (χ4n) is 4.05. The van der Waals surface area contributed by atoms with Gasteiger partial charge in [0, 0.05) is 30.8 Å². The van der Waals surface area contributed by atoms with E-state index in [0.29, 0.717) is 11.4 Å². The van der Waals surface area contributed by atoms with E-state index in [1.54, 1.807) is 26.4 Å². The van der Waals surface area contributed by atoms with E-state index in [1.807, 2.05) is 34.5 Å². The van der Waals surface area contributed by atoms with E-state index in [4.69, 9.17) is 26.8 Å². The Morgan fingerprint density at radius 3 is 2.60 bits per heavy atom. The lowest BCUT2D eigenvalue weighted by Gasteiger charge is -2.26. The van der Waals surface area contributed by atoms with Crippen molar-refractivity contribution >= 4 is 12.2 Å². The van der Waals surface area contributed by atoms with Crippen molar-refractivity contribution in [1.29, 1.82) is 0 Å². The molecule has 0 N–H and O–H groups in total. The lowest BCUT2D eigenvalue weighted by molar-refractivity contribution is 0.186. The summed E-state index contributed by atoms with van der Waals surface area (Å²) in [6, 6.07) is 12.4. The van der Waals surface area contributed by atoms with E-state index in [2.05, 4.69) is 4.90 Å². The first-order valence-electron chi connectivity index (χ1n) is 9.87. The predicted octanol–water partition coefficient (Wildman–Crippen LogP) is 4.57. The van der Waals surface area contributed by atoms with Crippen molar-refractivity contribution in [2.45, 2.75) is 25.6 Å². The van der Waals surface area contributed by atoms with Crippen LogP contribution in [-0.2, 0) is 13.7 Å². The van der Waals surface area contributed by atoms with Crippen molar-refractivity contribution in [2.24, 2.45) is 7.05 Å². The van der Waals surface area contributed by atoms with Crippen LogP contribution in [0, 0.1) is 10.6 Å². The quantitative estimate of drug-likeness (QED) is 0.538. The first-order chi connectivity index (χ1) is 14.5. The highest BCUT2D eigenvalue weighted by atomic mass is 32.1. The molecule has 0 amide bonds. The minimum Gasteiger partial charge on any atom is -0.497 e. The average Bonchev–Trinajstić information content (AvgIpc) is 3.34. The van der Waals surface area contributed by atoms with Gasteiger partial charge in [-0.25, -0.2) is 9.07 Å². The zero-order valence-corrected chi connectivity index (χ0v) is 18.2. The number of aromatic nitrogens is 3. The highest BCUT2D eigenvalue weighted by molar-refractivity contribution is 7.71. The Morgan fingerprint density at radius 1 is 1.13 bits per heavy atom. The summed E-state index contributed by atoms with van der Waals surface area (Å²) < 4.78 is 28.7. The number of rotatable bonds is 6. The van der Waals surface area contributed by atoms with Crippen LogP contribution in [0.25, 0.3) is 11.4 Å². The maximum atomic E-state index is 13.3. The molecule has 0 bridgehead atoms. The van der Waals surface area contributed by atoms with Crippen LogP contribution in [0.3, 0.4) is 0 Å². The van der Waals surface area contributed by atoms with Crippen LogP contribution in [0.15, 0.2) is 42.5 Å². The first-order valence-corrected chi connectivity index (χ1v) is 10.3. The molecule has 4 rings (SSSR count). The number of nitrogens with zero attached hydrogens (tertiary/aromatic N) is 4. The molecule has 1 fully saturated rings. The molecular formula is C22H25FN4O2S. The van der Waals surface area contributed by atoms with Gasteiger partial charge in [0.15, 0.2) is 10.6 Å². The molecule has 3 aromatic rings. The maximum Gasteiger partial charge on any atom is 0.199 e. The van der Waals surface area contributed by atoms with Gasteiger partial charge in [-0.05, 0) is 67.5 Å². The SMILES string of the molecule is COc1ccc(OC)c([C@@H]2CCCN2Cn2nc(-c3ccc(F)cc3)n(C)c2=S)c1. The Hall–Kier alpha value is -2.71. The molecule has 30 heavy (non-hydrogen) atoms. The summed E-state index contributed by atoms with van der Waals surface area (Å²) in [7, 11) is 5.24. The highest BCUT2D eigenvalue weighted by Crippen LogP contribution is 2.39. The summed E-state index contributed by atoms with van der Waals surface area (Å²) >= 11 is 5.64. The third kappa shape index (κ3) is 3.85. The van der Waals surface area contributed by atoms with Crippen LogP contribution in [0.1, 0.15) is 24.4 Å². The normalized spacial score (nSPS) is 16.7. The summed E-state index contributed by atoms with van der Waals surface area (Å²) in [5.74, 6) is 2.11. The van der Waals surface area contributed by atoms with E-state index in [-0.39, 0.29) is 11.9 Å². The molecule has 1 aliphatic rings. The molecule has 0 spiro atoms. The van der Waals surface area contributed by atoms with Crippen LogP contribution in [0.5, 0.6) is 11.5 Å². The largest absolute Gasteiger partial charge is 0.497 e. The molecule has 2 aromatic carbocycles. The van der Waals surface area contributed by atoms with Crippen molar-refractivity contribution in [3.05, 3.63) is 58.6 Å². The monoisotopic (exact) mass is 428 g/mol. The topological polar surface area (TPSA) is 44.5 Å². The van der Waals surface area contributed by atoms with E-state index in [0.717, 1.165) is 47.8 Å². The van der Waals surface area contributed by atoms with Crippen molar-refractivity contribution in [1.82, 2.24) is 19.2 Å². The van der Waals surface area contributed by atoms with Gasteiger partial charge in [0.2, 0.25) is 0 Å². The summed E-state index contributed by atoms with van der Waals surface area (Å²) in [5, 5.41) is 4.73. The van der Waals surface area contributed by atoms with Gasteiger partial charge in [-0.1, -0.05) is 0 Å². The van der Waals surface area contributed by atoms with Gasteiger partial charge in [-0.15, -0.1) is 0 Å².